The fraction of sp³-hybridized carbons (Fsp3) is 0.462. The molecule has 3 N–H and O–H groups in total. The quantitative estimate of drug-likeness (QED) is 0.238. The van der Waals surface area contributed by atoms with E-state index >= 15 is 0 Å². The molecule has 0 atom stereocenters. The zero-order valence-electron chi connectivity index (χ0n) is 14.8. The second-order valence-electron chi connectivity index (χ2n) is 5.14. The molecule has 0 bridgehead atoms. The number of hydrogen-bond acceptors (Lipinski definition) is 9. The van der Waals surface area contributed by atoms with Crippen LogP contribution in [-0.2, 0) is 20.9 Å². The predicted octanol–water partition coefficient (Wildman–Crippen LogP) is 0.821. The van der Waals surface area contributed by atoms with Crippen LogP contribution in [0.5, 0.6) is 5.88 Å². The molecule has 1 rings (SSSR count). The molecule has 11 nitrogen and oxygen atoms in total. The van der Waals surface area contributed by atoms with Crippen molar-refractivity contribution in [3.8, 4) is 5.88 Å². The van der Waals surface area contributed by atoms with Crippen LogP contribution in [0.4, 0.5) is 19.0 Å². The minimum absolute atomic E-state index is 0.0816. The van der Waals surface area contributed by atoms with E-state index in [1.165, 1.54) is 0 Å². The van der Waals surface area contributed by atoms with Crippen LogP contribution in [0, 0.1) is 10.1 Å². The largest absolute Gasteiger partial charge is 0.475 e. The van der Waals surface area contributed by atoms with Crippen molar-refractivity contribution in [2.24, 2.45) is 5.84 Å². The summed E-state index contributed by atoms with van der Waals surface area (Å²) < 4.78 is 73.9. The first kappa shape index (κ1) is 23.4. The van der Waals surface area contributed by atoms with Crippen molar-refractivity contribution in [1.82, 2.24) is 9.71 Å². The van der Waals surface area contributed by atoms with Gasteiger partial charge in [0, 0.05) is 12.7 Å². The third-order valence-electron chi connectivity index (χ3n) is 2.82. The number of halogens is 3. The standard InChI is InChI=1S/C13H18F3N5O6S/c1-3-26-4-5-27-12-7-9(13(14,15)16)6-10(18-12)21(17)11(8-20(22)23)19-28(2,24)25/h6-8,19H,3-5,17H2,1-2H3/b11-8+. The number of sulfonamides is 1. The lowest BCUT2D eigenvalue weighted by Gasteiger charge is -2.21. The number of hydrazine groups is 1. The Balaban J connectivity index is 3.32. The molecule has 0 aliphatic heterocycles. The lowest BCUT2D eigenvalue weighted by Crippen LogP contribution is -2.40. The Hall–Kier alpha value is -2.65. The minimum atomic E-state index is -4.81. The van der Waals surface area contributed by atoms with Crippen molar-refractivity contribution in [1.29, 1.82) is 0 Å². The monoisotopic (exact) mass is 429 g/mol. The lowest BCUT2D eigenvalue weighted by molar-refractivity contribution is -0.403. The number of pyridine rings is 1. The molecule has 158 valence electrons. The zero-order valence-corrected chi connectivity index (χ0v) is 15.6. The van der Waals surface area contributed by atoms with Gasteiger partial charge in [-0.05, 0) is 13.0 Å². The van der Waals surface area contributed by atoms with E-state index in [0.717, 1.165) is 0 Å². The summed E-state index contributed by atoms with van der Waals surface area (Å²) in [5.41, 5.74) is -1.21. The maximum Gasteiger partial charge on any atom is 0.416 e. The topological polar surface area (TPSA) is 150 Å². The maximum atomic E-state index is 13.1. The molecule has 0 saturated carbocycles. The van der Waals surface area contributed by atoms with Gasteiger partial charge in [-0.3, -0.25) is 14.8 Å². The zero-order chi connectivity index (χ0) is 21.5. The number of rotatable bonds is 10. The summed E-state index contributed by atoms with van der Waals surface area (Å²) in [5, 5.41) is 11.0. The van der Waals surface area contributed by atoms with Gasteiger partial charge < -0.3 is 9.47 Å². The molecule has 0 spiro atoms. The lowest BCUT2D eigenvalue weighted by atomic mass is 10.2. The van der Waals surface area contributed by atoms with Gasteiger partial charge in [0.25, 0.3) is 6.20 Å². The summed E-state index contributed by atoms with van der Waals surface area (Å²) >= 11 is 0. The third-order valence-corrected chi connectivity index (χ3v) is 3.40. The summed E-state index contributed by atoms with van der Waals surface area (Å²) in [6.07, 6.45) is -3.97. The molecular formula is C13H18F3N5O6S. The van der Waals surface area contributed by atoms with E-state index in [2.05, 4.69) is 4.98 Å². The normalized spacial score (nSPS) is 12.6. The van der Waals surface area contributed by atoms with Crippen LogP contribution >= 0.6 is 0 Å². The molecule has 0 aromatic carbocycles. The van der Waals surface area contributed by atoms with E-state index in [-0.39, 0.29) is 24.4 Å². The van der Waals surface area contributed by atoms with Crippen LogP contribution in [0.3, 0.4) is 0 Å². The van der Waals surface area contributed by atoms with Crippen molar-refractivity contribution >= 4 is 15.8 Å². The molecular weight excluding hydrogens is 411 g/mol. The average molecular weight is 429 g/mol. The van der Waals surface area contributed by atoms with Crippen LogP contribution in [0.1, 0.15) is 12.5 Å². The highest BCUT2D eigenvalue weighted by molar-refractivity contribution is 7.88. The molecule has 0 aliphatic carbocycles. The van der Waals surface area contributed by atoms with E-state index in [4.69, 9.17) is 15.3 Å². The van der Waals surface area contributed by atoms with Gasteiger partial charge in [-0.2, -0.15) is 18.2 Å². The van der Waals surface area contributed by atoms with Gasteiger partial charge in [-0.25, -0.2) is 19.3 Å². The highest BCUT2D eigenvalue weighted by atomic mass is 32.2. The Morgan fingerprint density at radius 1 is 1.43 bits per heavy atom. The van der Waals surface area contributed by atoms with Gasteiger partial charge in [-0.1, -0.05) is 0 Å². The third kappa shape index (κ3) is 7.93. The Labute approximate surface area is 158 Å². The SMILES string of the molecule is CCOCCOc1cc(C(F)(F)F)cc(N(N)/C(=C/[N+](=O)[O-])NS(C)(=O)=O)n1. The summed E-state index contributed by atoms with van der Waals surface area (Å²) in [7, 11) is -4.03. The highest BCUT2D eigenvalue weighted by Gasteiger charge is 2.33. The van der Waals surface area contributed by atoms with Crippen molar-refractivity contribution < 1.29 is 36.0 Å². The summed E-state index contributed by atoms with van der Waals surface area (Å²) in [4.78, 5) is 13.4. The molecule has 28 heavy (non-hydrogen) atoms. The van der Waals surface area contributed by atoms with Crippen LogP contribution in [-0.4, -0.2) is 44.4 Å². The number of nitrogens with zero attached hydrogens (tertiary/aromatic N) is 3. The van der Waals surface area contributed by atoms with Gasteiger partial charge in [0.05, 0.1) is 23.3 Å². The molecule has 1 heterocycles. The first-order valence-electron chi connectivity index (χ1n) is 7.51. The number of ether oxygens (including phenoxy) is 2. The number of nitrogens with two attached hydrogens (primary N) is 1. The molecule has 0 fully saturated rings. The summed E-state index contributed by atoms with van der Waals surface area (Å²) in [6, 6.07) is 1.08. The van der Waals surface area contributed by atoms with E-state index in [0.29, 0.717) is 25.0 Å². The Bertz CT molecular complexity index is 830. The van der Waals surface area contributed by atoms with Gasteiger partial charge >= 0.3 is 6.18 Å². The van der Waals surface area contributed by atoms with Crippen LogP contribution in [0.15, 0.2) is 24.2 Å². The molecule has 0 unspecified atom stereocenters. The minimum Gasteiger partial charge on any atom is -0.475 e. The number of alkyl halides is 3. The number of anilines is 1. The fourth-order valence-corrected chi connectivity index (χ4v) is 2.28. The van der Waals surface area contributed by atoms with Crippen LogP contribution < -0.4 is 20.3 Å². The number of nitrogens with one attached hydrogen (secondary N) is 1. The summed E-state index contributed by atoms with van der Waals surface area (Å²) in [6.45, 7) is 2.04. The molecule has 0 aliphatic rings. The fourth-order valence-electron chi connectivity index (χ4n) is 1.75. The molecule has 0 radical (unpaired) electrons. The van der Waals surface area contributed by atoms with E-state index in [1.807, 2.05) is 0 Å². The average Bonchev–Trinajstić information content (AvgIpc) is 2.55. The van der Waals surface area contributed by atoms with Crippen molar-refractivity contribution in [3.63, 3.8) is 0 Å². The van der Waals surface area contributed by atoms with Crippen LogP contribution in [0.25, 0.3) is 0 Å². The molecule has 1 aromatic heterocycles. The van der Waals surface area contributed by atoms with Gasteiger partial charge in [0.1, 0.15) is 6.61 Å². The molecule has 1 aromatic rings. The Morgan fingerprint density at radius 2 is 2.07 bits per heavy atom. The van der Waals surface area contributed by atoms with Crippen molar-refractivity contribution in [2.75, 3.05) is 31.1 Å². The molecule has 0 saturated heterocycles. The first-order valence-corrected chi connectivity index (χ1v) is 9.40. The van der Waals surface area contributed by atoms with Crippen molar-refractivity contribution in [2.45, 2.75) is 13.1 Å². The van der Waals surface area contributed by atoms with Gasteiger partial charge in [-0.15, -0.1) is 0 Å². The smallest absolute Gasteiger partial charge is 0.416 e. The van der Waals surface area contributed by atoms with Gasteiger partial charge in [0.2, 0.25) is 21.7 Å². The molecule has 0 amide bonds. The molecule has 15 heteroatoms. The van der Waals surface area contributed by atoms with Crippen molar-refractivity contribution in [3.05, 3.63) is 39.8 Å². The second-order valence-corrected chi connectivity index (χ2v) is 6.89. The number of hydrogen-bond donors (Lipinski definition) is 2. The second kappa shape index (κ2) is 9.52. The number of nitro groups is 1. The van der Waals surface area contributed by atoms with E-state index < -0.39 is 44.2 Å². The van der Waals surface area contributed by atoms with Gasteiger partial charge in [0.15, 0.2) is 5.82 Å². The predicted molar refractivity (Wildman–Crippen MR) is 91.0 cm³/mol. The van der Waals surface area contributed by atoms with E-state index in [1.54, 1.807) is 11.6 Å². The summed E-state index contributed by atoms with van der Waals surface area (Å²) in [5.74, 6) is 3.61. The van der Waals surface area contributed by atoms with E-state index in [9.17, 15) is 31.7 Å². The maximum absolute atomic E-state index is 13.1. The Morgan fingerprint density at radius 3 is 2.57 bits per heavy atom. The highest BCUT2D eigenvalue weighted by Crippen LogP contribution is 2.33. The Kier molecular flexibility index (Phi) is 7.95. The van der Waals surface area contributed by atoms with Crippen LogP contribution in [0.2, 0.25) is 0 Å². The number of aromatic nitrogens is 1. The first-order chi connectivity index (χ1) is 12.8.